The van der Waals surface area contributed by atoms with Crippen molar-refractivity contribution in [3.05, 3.63) is 11.6 Å². The van der Waals surface area contributed by atoms with Crippen LogP contribution < -0.4 is 11.5 Å². The maximum absolute atomic E-state index is 5.20. The fourth-order valence-corrected chi connectivity index (χ4v) is 2.25. The van der Waals surface area contributed by atoms with Gasteiger partial charge in [-0.2, -0.15) is 5.10 Å². The highest BCUT2D eigenvalue weighted by molar-refractivity contribution is 5.76. The molecule has 1 aliphatic carbocycles. The van der Waals surface area contributed by atoms with Gasteiger partial charge < -0.3 is 11.5 Å². The Balaban J connectivity index is 2.70. The molecule has 15 heavy (non-hydrogen) atoms. The lowest BCUT2D eigenvalue weighted by atomic mass is 9.76. The van der Waals surface area contributed by atoms with Gasteiger partial charge >= 0.3 is 0 Å². The monoisotopic (exact) mass is 208 g/mol. The molecular weight excluding hydrogens is 188 g/mol. The van der Waals surface area contributed by atoms with E-state index in [0.717, 1.165) is 6.42 Å². The van der Waals surface area contributed by atoms with Crippen LogP contribution in [0.4, 0.5) is 0 Å². The lowest BCUT2D eigenvalue weighted by Crippen LogP contribution is -2.25. The zero-order valence-electron chi connectivity index (χ0n) is 9.64. The largest absolute Gasteiger partial charge is 0.369 e. The number of nitrogens with two attached hydrogens (primary N) is 2. The highest BCUT2D eigenvalue weighted by Gasteiger charge is 2.24. The molecule has 0 fully saturated rings. The molecule has 0 aromatic carbocycles. The van der Waals surface area contributed by atoms with Crippen LogP contribution in [0.2, 0.25) is 0 Å². The Bertz CT molecular complexity index is 300. The smallest absolute Gasteiger partial charge is 0.211 e. The Morgan fingerprint density at radius 3 is 2.67 bits per heavy atom. The fourth-order valence-electron chi connectivity index (χ4n) is 2.25. The third kappa shape index (κ3) is 3.38. The van der Waals surface area contributed by atoms with Crippen LogP contribution in [0.25, 0.3) is 0 Å². The Morgan fingerprint density at radius 2 is 2.13 bits per heavy atom. The minimum atomic E-state index is 0.00842. The van der Waals surface area contributed by atoms with Crippen molar-refractivity contribution < 1.29 is 0 Å². The number of rotatable bonds is 2. The first kappa shape index (κ1) is 11.8. The average molecular weight is 208 g/mol. The van der Waals surface area contributed by atoms with Gasteiger partial charge in [-0.05, 0) is 25.2 Å². The highest BCUT2D eigenvalue weighted by atomic mass is 15.3. The number of guanidine groups is 1. The van der Waals surface area contributed by atoms with Crippen LogP contribution in [0.3, 0.4) is 0 Å². The summed E-state index contributed by atoms with van der Waals surface area (Å²) in [6, 6.07) is 0. The molecule has 0 amide bonds. The molecule has 1 rings (SSSR count). The first-order valence-electron chi connectivity index (χ1n) is 5.30. The third-order valence-corrected chi connectivity index (χ3v) is 2.87. The van der Waals surface area contributed by atoms with Crippen LogP contribution >= 0.6 is 0 Å². The molecule has 0 saturated carbocycles. The van der Waals surface area contributed by atoms with E-state index in [1.807, 2.05) is 6.21 Å². The summed E-state index contributed by atoms with van der Waals surface area (Å²) in [6.45, 7) is 6.61. The van der Waals surface area contributed by atoms with Gasteiger partial charge in [-0.25, -0.2) is 0 Å². The third-order valence-electron chi connectivity index (χ3n) is 2.87. The van der Waals surface area contributed by atoms with Crippen LogP contribution in [-0.2, 0) is 0 Å². The van der Waals surface area contributed by atoms with Gasteiger partial charge in [-0.1, -0.05) is 25.5 Å². The average Bonchev–Trinajstić information content (AvgIpc) is 2.08. The molecule has 84 valence electrons. The predicted octanol–water partition coefficient (Wildman–Crippen LogP) is 1.48. The summed E-state index contributed by atoms with van der Waals surface area (Å²) in [7, 11) is 0. The van der Waals surface area contributed by atoms with Gasteiger partial charge in [0, 0.05) is 12.1 Å². The number of nitrogens with zero attached hydrogens (tertiary/aromatic N) is 2. The topological polar surface area (TPSA) is 76.8 Å². The van der Waals surface area contributed by atoms with Crippen molar-refractivity contribution >= 4 is 12.2 Å². The molecule has 0 unspecified atom stereocenters. The van der Waals surface area contributed by atoms with Crippen molar-refractivity contribution in [2.45, 2.75) is 27.2 Å². The van der Waals surface area contributed by atoms with Gasteiger partial charge in [-0.15, -0.1) is 5.10 Å². The normalized spacial score (nSPS) is 31.4. The first-order chi connectivity index (χ1) is 7.00. The second-order valence-corrected chi connectivity index (χ2v) is 4.42. The molecule has 0 aromatic heterocycles. The molecule has 0 aliphatic heterocycles. The van der Waals surface area contributed by atoms with Gasteiger partial charge in [0.2, 0.25) is 5.96 Å². The highest BCUT2D eigenvalue weighted by Crippen LogP contribution is 2.32. The number of hydrogen-bond donors (Lipinski definition) is 2. The van der Waals surface area contributed by atoms with Crippen molar-refractivity contribution in [3.8, 4) is 0 Å². The standard InChI is InChI=1S/C11H20N4/c1-7-4-8(2)10(9(3)5-7)6-14-15-11(12)13/h4,6,8-10H,5H2,1-3H3,(H4,12,13,15)/b14-6+/t8-,9+,10-/m0/s1. The summed E-state index contributed by atoms with van der Waals surface area (Å²) in [6.07, 6.45) is 5.28. The van der Waals surface area contributed by atoms with Crippen molar-refractivity contribution in [1.82, 2.24) is 0 Å². The van der Waals surface area contributed by atoms with E-state index >= 15 is 0 Å². The Kier molecular flexibility index (Phi) is 3.88. The lowest BCUT2D eigenvalue weighted by Gasteiger charge is -2.29. The lowest BCUT2D eigenvalue weighted by molar-refractivity contribution is 0.362. The van der Waals surface area contributed by atoms with Gasteiger partial charge in [0.15, 0.2) is 0 Å². The van der Waals surface area contributed by atoms with E-state index in [0.29, 0.717) is 17.8 Å². The van der Waals surface area contributed by atoms with Crippen molar-refractivity contribution in [2.75, 3.05) is 0 Å². The van der Waals surface area contributed by atoms with Gasteiger partial charge in [0.1, 0.15) is 0 Å². The van der Waals surface area contributed by atoms with E-state index in [2.05, 4.69) is 37.1 Å². The van der Waals surface area contributed by atoms with Crippen molar-refractivity contribution in [2.24, 2.45) is 39.4 Å². The van der Waals surface area contributed by atoms with Crippen LogP contribution in [0.15, 0.2) is 21.9 Å². The summed E-state index contributed by atoms with van der Waals surface area (Å²) < 4.78 is 0. The molecule has 1 aliphatic rings. The van der Waals surface area contributed by atoms with Crippen molar-refractivity contribution in [1.29, 1.82) is 0 Å². The molecule has 0 saturated heterocycles. The molecule has 4 N–H and O–H groups in total. The Labute approximate surface area is 91.1 Å². The molecule has 3 atom stereocenters. The zero-order valence-corrected chi connectivity index (χ0v) is 9.64. The maximum atomic E-state index is 5.20. The minimum Gasteiger partial charge on any atom is -0.369 e. The molecule has 4 heteroatoms. The Morgan fingerprint density at radius 1 is 1.47 bits per heavy atom. The van der Waals surface area contributed by atoms with Gasteiger partial charge in [-0.3, -0.25) is 0 Å². The van der Waals surface area contributed by atoms with E-state index in [4.69, 9.17) is 11.5 Å². The van der Waals surface area contributed by atoms with E-state index in [1.165, 1.54) is 5.57 Å². The van der Waals surface area contributed by atoms with Gasteiger partial charge in [0.25, 0.3) is 0 Å². The van der Waals surface area contributed by atoms with Crippen LogP contribution in [0, 0.1) is 17.8 Å². The minimum absolute atomic E-state index is 0.00842. The predicted molar refractivity (Wildman–Crippen MR) is 64.5 cm³/mol. The zero-order chi connectivity index (χ0) is 11.4. The second kappa shape index (κ2) is 4.96. The molecule has 4 nitrogen and oxygen atoms in total. The summed E-state index contributed by atoms with van der Waals surface area (Å²) in [5.41, 5.74) is 11.9. The summed E-state index contributed by atoms with van der Waals surface area (Å²) in [4.78, 5) is 0. The van der Waals surface area contributed by atoms with Crippen LogP contribution in [0.1, 0.15) is 27.2 Å². The first-order valence-corrected chi connectivity index (χ1v) is 5.30. The summed E-state index contributed by atoms with van der Waals surface area (Å²) >= 11 is 0. The summed E-state index contributed by atoms with van der Waals surface area (Å²) in [5.74, 6) is 1.54. The summed E-state index contributed by atoms with van der Waals surface area (Å²) in [5, 5.41) is 7.53. The van der Waals surface area contributed by atoms with E-state index in [1.54, 1.807) is 0 Å². The Hall–Kier alpha value is -1.32. The number of hydrogen-bond acceptors (Lipinski definition) is 2. The SMILES string of the molecule is CC1=C[C@H](C)[C@H](/C=N/N=C(N)N)[C@H](C)C1. The van der Waals surface area contributed by atoms with Crippen LogP contribution in [-0.4, -0.2) is 12.2 Å². The molecule has 0 spiro atoms. The molecule has 0 heterocycles. The van der Waals surface area contributed by atoms with Crippen molar-refractivity contribution in [3.63, 3.8) is 0 Å². The van der Waals surface area contributed by atoms with Gasteiger partial charge in [0.05, 0.1) is 0 Å². The molecule has 0 aromatic rings. The second-order valence-electron chi connectivity index (χ2n) is 4.42. The quantitative estimate of drug-likeness (QED) is 0.312. The molecule has 0 radical (unpaired) electrons. The maximum Gasteiger partial charge on any atom is 0.211 e. The molecular formula is C11H20N4. The fraction of sp³-hybridized carbons (Fsp3) is 0.636. The van der Waals surface area contributed by atoms with E-state index < -0.39 is 0 Å². The number of allylic oxidation sites excluding steroid dienone is 2. The van der Waals surface area contributed by atoms with E-state index in [9.17, 15) is 0 Å². The van der Waals surface area contributed by atoms with Crippen LogP contribution in [0.5, 0.6) is 0 Å². The van der Waals surface area contributed by atoms with E-state index in [-0.39, 0.29) is 5.96 Å². The molecule has 0 bridgehead atoms.